The number of hydrogen-bond acceptors (Lipinski definition) is 8. The highest BCUT2D eigenvalue weighted by atomic mass is 32.8. The van der Waals surface area contributed by atoms with Gasteiger partial charge in [-0.25, -0.2) is 9.99 Å². The molecule has 0 aliphatic carbocycles. The van der Waals surface area contributed by atoms with Crippen molar-refractivity contribution in [2.45, 2.75) is 33.1 Å². The van der Waals surface area contributed by atoms with Crippen molar-refractivity contribution in [3.05, 3.63) is 70.6 Å². The minimum atomic E-state index is -5.22. The first kappa shape index (κ1) is 33.3. The molecule has 0 saturated heterocycles. The van der Waals surface area contributed by atoms with Crippen LogP contribution in [0.15, 0.2) is 59.0 Å². The van der Waals surface area contributed by atoms with Crippen LogP contribution in [0.25, 0.3) is 10.4 Å². The van der Waals surface area contributed by atoms with Gasteiger partial charge in [0.2, 0.25) is 0 Å². The van der Waals surface area contributed by atoms with E-state index in [1.54, 1.807) is 5.38 Å². The minimum Gasteiger partial charge on any atom is -0.506 e. The van der Waals surface area contributed by atoms with Crippen molar-refractivity contribution in [1.82, 2.24) is 5.20 Å². The van der Waals surface area contributed by atoms with Gasteiger partial charge in [-0.05, 0) is 41.7 Å². The zero-order chi connectivity index (χ0) is 31.5. The third-order valence-corrected chi connectivity index (χ3v) is 11.3. The molecule has 1 aromatic heterocycles. The Balaban J connectivity index is 1.81. The summed E-state index contributed by atoms with van der Waals surface area (Å²) in [5, 5.41) is 20.8. The molecule has 3 aromatic rings. The van der Waals surface area contributed by atoms with E-state index in [1.165, 1.54) is 42.5 Å². The molecular weight excluding hydrogens is 599 g/mol. The van der Waals surface area contributed by atoms with Crippen LogP contribution in [0, 0.1) is 0 Å². The van der Waals surface area contributed by atoms with Gasteiger partial charge in [-0.15, -0.1) is 11.3 Å². The fraction of sp³-hybridized carbons (Fsp3) is 0.357. The molecule has 0 aliphatic rings. The Morgan fingerprint density at radius 1 is 1.12 bits per heavy atom. The SMILES string of the molecule is C/C(=N\NP(=O)(Nc1cccc(C(=O)OCC[N+](C)(C)C)c1)S(=O)(=O)O)c1csc(-c2ccc(C(C)(C)C)cc2)c1O. The predicted molar refractivity (Wildman–Crippen MR) is 168 cm³/mol. The number of anilines is 1. The molecule has 0 radical (unpaired) electrons. The van der Waals surface area contributed by atoms with Gasteiger partial charge in [-0.2, -0.15) is 13.5 Å². The van der Waals surface area contributed by atoms with E-state index in [-0.39, 0.29) is 34.7 Å². The Hall–Kier alpha value is -3.22. The Kier molecular flexibility index (Phi) is 9.96. The summed E-state index contributed by atoms with van der Waals surface area (Å²) in [7, 11) is 0.633. The van der Waals surface area contributed by atoms with E-state index in [0.717, 1.165) is 11.1 Å². The molecule has 0 saturated carbocycles. The third kappa shape index (κ3) is 8.42. The fourth-order valence-corrected chi connectivity index (χ4v) is 6.79. The summed E-state index contributed by atoms with van der Waals surface area (Å²) in [6.45, 7) is 3.68. The Morgan fingerprint density at radius 3 is 2.33 bits per heavy atom. The highest BCUT2D eigenvalue weighted by molar-refractivity contribution is 8.49. The average Bonchev–Trinajstić information content (AvgIpc) is 3.26. The zero-order valence-corrected chi connectivity index (χ0v) is 27.2. The Morgan fingerprint density at radius 2 is 1.76 bits per heavy atom. The van der Waals surface area contributed by atoms with E-state index in [4.69, 9.17) is 4.74 Å². The molecule has 42 heavy (non-hydrogen) atoms. The lowest BCUT2D eigenvalue weighted by atomic mass is 9.86. The van der Waals surface area contributed by atoms with Gasteiger partial charge >= 0.3 is 22.4 Å². The number of thiophene rings is 1. The van der Waals surface area contributed by atoms with Crippen LogP contribution in [0.1, 0.15) is 49.2 Å². The maximum absolute atomic E-state index is 13.4. The second-order valence-corrected chi connectivity index (χ2v) is 18.0. The molecule has 4 N–H and O–H groups in total. The molecule has 1 unspecified atom stereocenters. The third-order valence-electron chi connectivity index (χ3n) is 6.21. The highest BCUT2D eigenvalue weighted by Gasteiger charge is 2.38. The number of ether oxygens (including phenoxy) is 1. The highest BCUT2D eigenvalue weighted by Crippen LogP contribution is 2.47. The van der Waals surface area contributed by atoms with E-state index in [2.05, 4.69) is 36.2 Å². The van der Waals surface area contributed by atoms with E-state index in [1.807, 2.05) is 45.4 Å². The number of aromatic hydroxyl groups is 1. The standard InChI is InChI=1S/C28H37N4O7PS2/c1-19(24-18-41-26(25(24)33)20-11-13-22(14-12-20)28(2,3)4)29-31-40(35,42(36,37)38)30-23-10-8-9-21(17-23)27(34)39-16-15-32(5,6)7/h8-14,17-18H,15-16H2,1-7H3,(H3-,30,31,33,35,36,37,38)/p+1/b29-19+. The zero-order valence-electron chi connectivity index (χ0n) is 24.7. The fourth-order valence-electron chi connectivity index (χ4n) is 3.65. The number of likely N-dealkylation sites (N-methyl/N-ethyl adjacent to an activating group) is 1. The minimum absolute atomic E-state index is 0.0265. The summed E-state index contributed by atoms with van der Waals surface area (Å²) in [5.41, 5.74) is 2.38. The van der Waals surface area contributed by atoms with E-state index in [9.17, 15) is 27.4 Å². The second kappa shape index (κ2) is 12.6. The van der Waals surface area contributed by atoms with Crippen LogP contribution in [-0.4, -0.2) is 68.5 Å². The van der Waals surface area contributed by atoms with Gasteiger partial charge in [-0.3, -0.25) is 9.12 Å². The van der Waals surface area contributed by atoms with Gasteiger partial charge in [0.05, 0.1) is 42.9 Å². The van der Waals surface area contributed by atoms with Crippen molar-refractivity contribution in [2.24, 2.45) is 5.10 Å². The van der Waals surface area contributed by atoms with Crippen LogP contribution < -0.4 is 10.3 Å². The number of carbonyl (C=O) groups is 1. The number of hydrogen-bond donors (Lipinski definition) is 4. The largest absolute Gasteiger partial charge is 0.506 e. The van der Waals surface area contributed by atoms with Crippen LogP contribution >= 0.6 is 18.0 Å². The molecule has 1 atom stereocenters. The van der Waals surface area contributed by atoms with Gasteiger partial charge < -0.3 is 19.4 Å². The first-order valence-electron chi connectivity index (χ1n) is 13.0. The maximum Gasteiger partial charge on any atom is 0.412 e. The molecule has 0 amide bonds. The van der Waals surface area contributed by atoms with E-state index >= 15 is 0 Å². The second-order valence-electron chi connectivity index (χ2n) is 11.8. The van der Waals surface area contributed by atoms with Gasteiger partial charge in [-0.1, -0.05) is 51.1 Å². The van der Waals surface area contributed by atoms with Crippen LogP contribution in [0.5, 0.6) is 5.75 Å². The maximum atomic E-state index is 13.4. The molecule has 0 aliphatic heterocycles. The normalized spacial score (nSPS) is 14.2. The molecule has 11 nitrogen and oxygen atoms in total. The van der Waals surface area contributed by atoms with Crippen LogP contribution in [-0.2, 0) is 24.5 Å². The monoisotopic (exact) mass is 637 g/mol. The molecule has 228 valence electrons. The van der Waals surface area contributed by atoms with Crippen molar-refractivity contribution >= 4 is 45.1 Å². The molecule has 0 spiro atoms. The number of benzene rings is 2. The molecule has 14 heteroatoms. The summed E-state index contributed by atoms with van der Waals surface area (Å²) >= 11 is 1.27. The topological polar surface area (TPSA) is 154 Å². The number of hydrazone groups is 1. The van der Waals surface area contributed by atoms with Crippen LogP contribution in [0.2, 0.25) is 0 Å². The van der Waals surface area contributed by atoms with Gasteiger partial charge in [0.1, 0.15) is 18.9 Å². The van der Waals surface area contributed by atoms with Crippen molar-refractivity contribution < 1.29 is 36.7 Å². The predicted octanol–water partition coefficient (Wildman–Crippen LogP) is 5.70. The molecule has 2 aromatic carbocycles. The van der Waals surface area contributed by atoms with Crippen LogP contribution in [0.3, 0.4) is 0 Å². The van der Waals surface area contributed by atoms with E-state index in [0.29, 0.717) is 21.5 Å². The molecule has 3 rings (SSSR count). The number of esters is 1. The first-order valence-corrected chi connectivity index (χ1v) is 17.6. The lowest BCUT2D eigenvalue weighted by Crippen LogP contribution is -2.38. The van der Waals surface area contributed by atoms with Gasteiger partial charge in [0, 0.05) is 11.1 Å². The quantitative estimate of drug-likeness (QED) is 0.0517. The smallest absolute Gasteiger partial charge is 0.412 e. The van der Waals surface area contributed by atoms with Gasteiger partial charge in [0.15, 0.2) is 0 Å². The number of carbonyl (C=O) groups excluding carboxylic acids is 1. The number of rotatable bonds is 11. The molecule has 1 heterocycles. The lowest BCUT2D eigenvalue weighted by Gasteiger charge is -2.23. The molecule has 0 bridgehead atoms. The average molecular weight is 638 g/mol. The van der Waals surface area contributed by atoms with Crippen molar-refractivity contribution in [3.8, 4) is 16.2 Å². The molecular formula is C28H38N4O7PS2+. The van der Waals surface area contributed by atoms with Crippen molar-refractivity contribution in [3.63, 3.8) is 0 Å². The lowest BCUT2D eigenvalue weighted by molar-refractivity contribution is -0.870. The van der Waals surface area contributed by atoms with Crippen LogP contribution in [0.4, 0.5) is 5.69 Å². The summed E-state index contributed by atoms with van der Waals surface area (Å²) in [6.07, 6.45) is 0. The number of quaternary nitrogens is 1. The Bertz CT molecular complexity index is 1620. The molecule has 0 fully saturated rings. The first-order chi connectivity index (χ1) is 19.3. The summed E-state index contributed by atoms with van der Waals surface area (Å²) in [4.78, 5) is 13.0. The van der Waals surface area contributed by atoms with Crippen molar-refractivity contribution in [2.75, 3.05) is 39.4 Å². The van der Waals surface area contributed by atoms with Gasteiger partial charge in [0.25, 0.3) is 0 Å². The van der Waals surface area contributed by atoms with E-state index < -0.39 is 22.4 Å². The number of nitrogens with one attached hydrogen (secondary N) is 2. The number of nitrogens with zero attached hydrogens (tertiary/aromatic N) is 2. The Labute approximate surface area is 250 Å². The van der Waals surface area contributed by atoms with Crippen molar-refractivity contribution in [1.29, 1.82) is 0 Å². The summed E-state index contributed by atoms with van der Waals surface area (Å²) < 4.78 is 53.4. The summed E-state index contributed by atoms with van der Waals surface area (Å²) in [5.74, 6) is -0.718. The summed E-state index contributed by atoms with van der Waals surface area (Å²) in [6, 6.07) is 13.3.